The largest absolute Gasteiger partial charge is 0.497 e. The minimum absolute atomic E-state index is 0.0609. The molecule has 0 saturated heterocycles. The van der Waals surface area contributed by atoms with Crippen LogP contribution in [0.2, 0.25) is 5.02 Å². The summed E-state index contributed by atoms with van der Waals surface area (Å²) in [6.07, 6.45) is 0. The quantitative estimate of drug-likeness (QED) is 0.261. The van der Waals surface area contributed by atoms with Gasteiger partial charge >= 0.3 is 0 Å². The van der Waals surface area contributed by atoms with E-state index in [4.69, 9.17) is 27.9 Å². The van der Waals surface area contributed by atoms with E-state index in [9.17, 15) is 14.4 Å². The maximum absolute atomic E-state index is 13.0. The molecule has 38 heavy (non-hydrogen) atoms. The molecule has 5 rings (SSSR count). The zero-order chi connectivity index (χ0) is 26.8. The van der Waals surface area contributed by atoms with E-state index >= 15 is 0 Å². The summed E-state index contributed by atoms with van der Waals surface area (Å²) in [7, 11) is 1.49. The number of nitrogens with one attached hydrogen (secondary N) is 2. The molecule has 8 nitrogen and oxygen atoms in total. The summed E-state index contributed by atoms with van der Waals surface area (Å²) < 4.78 is 5.18. The van der Waals surface area contributed by atoms with Gasteiger partial charge < -0.3 is 10.1 Å². The smallest absolute Gasteiger partial charge is 0.283 e. The summed E-state index contributed by atoms with van der Waals surface area (Å²) in [5, 5.41) is 8.37. The molecule has 0 aliphatic carbocycles. The van der Waals surface area contributed by atoms with Gasteiger partial charge in [-0.15, -0.1) is 11.3 Å². The average molecular weight is 565 g/mol. The van der Waals surface area contributed by atoms with Gasteiger partial charge in [-0.2, -0.15) is 0 Å². The molecule has 3 amide bonds. The fourth-order valence-corrected chi connectivity index (χ4v) is 4.75. The highest BCUT2D eigenvalue weighted by Crippen LogP contribution is 2.32. The molecule has 0 saturated carbocycles. The Hall–Kier alpha value is -4.18. The number of hydrogen-bond donors (Lipinski definition) is 2. The van der Waals surface area contributed by atoms with Gasteiger partial charge in [-0.25, -0.2) is 9.88 Å². The van der Waals surface area contributed by atoms with E-state index in [-0.39, 0.29) is 16.6 Å². The fraction of sp³-hybridized carbons (Fsp3) is 0.0370. The number of thiazole rings is 1. The normalized spacial score (nSPS) is 13.2. The monoisotopic (exact) mass is 564 g/mol. The van der Waals surface area contributed by atoms with Gasteiger partial charge in [0.25, 0.3) is 17.7 Å². The molecule has 1 aliphatic rings. The Balaban J connectivity index is 1.26. The SMILES string of the molecule is COc1cccc(N2C(=O)C(Cl)=C(Nc3ccc(C(=O)Nc4nc(-c5ccc(Cl)cc5)cs4)cc3)C2=O)c1. The van der Waals surface area contributed by atoms with Crippen molar-refractivity contribution in [1.82, 2.24) is 4.98 Å². The van der Waals surface area contributed by atoms with Gasteiger partial charge in [0, 0.05) is 33.3 Å². The summed E-state index contributed by atoms with van der Waals surface area (Å²) in [6, 6.07) is 20.2. The molecular formula is C27H18Cl2N4O4S. The lowest BCUT2D eigenvalue weighted by Gasteiger charge is -2.16. The Kier molecular flexibility index (Phi) is 7.15. The standard InChI is InChI=1S/C27H18Cl2N4O4S/c1-37-20-4-2-3-19(13-20)33-25(35)22(29)23(26(33)36)30-18-11-7-16(8-12-18)24(34)32-27-31-21(14-38-27)15-5-9-17(28)10-6-15/h2-14,30H,1H3,(H,31,32,34). The fourth-order valence-electron chi connectivity index (χ4n) is 3.70. The molecule has 0 radical (unpaired) electrons. The van der Waals surface area contributed by atoms with E-state index in [1.807, 2.05) is 17.5 Å². The van der Waals surface area contributed by atoms with Gasteiger partial charge in [0.15, 0.2) is 5.13 Å². The van der Waals surface area contributed by atoms with Gasteiger partial charge in [-0.05, 0) is 48.5 Å². The van der Waals surface area contributed by atoms with Crippen molar-refractivity contribution in [2.75, 3.05) is 22.6 Å². The van der Waals surface area contributed by atoms with Crippen LogP contribution in [0.15, 0.2) is 88.9 Å². The third-order valence-corrected chi connectivity index (χ3v) is 6.98. The minimum Gasteiger partial charge on any atom is -0.497 e. The molecule has 0 spiro atoms. The number of anilines is 3. The Morgan fingerprint density at radius 3 is 2.42 bits per heavy atom. The van der Waals surface area contributed by atoms with Crippen LogP contribution in [0.4, 0.5) is 16.5 Å². The molecular weight excluding hydrogens is 547 g/mol. The Bertz CT molecular complexity index is 1580. The highest BCUT2D eigenvalue weighted by atomic mass is 35.5. The zero-order valence-electron chi connectivity index (χ0n) is 19.7. The number of aromatic nitrogens is 1. The minimum atomic E-state index is -0.648. The number of carbonyl (C=O) groups excluding carboxylic acids is 3. The van der Waals surface area contributed by atoms with Crippen molar-refractivity contribution in [2.45, 2.75) is 0 Å². The predicted octanol–water partition coefficient (Wildman–Crippen LogP) is 6.16. The Labute approximate surface area is 231 Å². The van der Waals surface area contributed by atoms with Crippen LogP contribution < -0.4 is 20.3 Å². The van der Waals surface area contributed by atoms with Gasteiger partial charge in [0.1, 0.15) is 16.5 Å². The molecule has 2 N–H and O–H groups in total. The van der Waals surface area contributed by atoms with Crippen LogP contribution in [0.5, 0.6) is 5.75 Å². The van der Waals surface area contributed by atoms with E-state index in [1.54, 1.807) is 60.7 Å². The van der Waals surface area contributed by atoms with Crippen molar-refractivity contribution in [3.8, 4) is 17.0 Å². The van der Waals surface area contributed by atoms with E-state index in [2.05, 4.69) is 15.6 Å². The lowest BCUT2D eigenvalue weighted by molar-refractivity contribution is -0.120. The lowest BCUT2D eigenvalue weighted by atomic mass is 10.2. The number of amides is 3. The number of rotatable bonds is 7. The predicted molar refractivity (Wildman–Crippen MR) is 149 cm³/mol. The average Bonchev–Trinajstić information content (AvgIpc) is 3.47. The van der Waals surface area contributed by atoms with Crippen molar-refractivity contribution in [3.63, 3.8) is 0 Å². The molecule has 0 atom stereocenters. The number of imide groups is 1. The number of nitrogens with zero attached hydrogens (tertiary/aromatic N) is 2. The van der Waals surface area contributed by atoms with E-state index in [0.717, 1.165) is 16.2 Å². The first-order valence-corrected chi connectivity index (χ1v) is 12.8. The summed E-state index contributed by atoms with van der Waals surface area (Å²) in [5.74, 6) is -1.10. The second-order valence-electron chi connectivity index (χ2n) is 8.04. The first kappa shape index (κ1) is 25.5. The number of hydrogen-bond acceptors (Lipinski definition) is 7. The van der Waals surface area contributed by atoms with E-state index in [0.29, 0.717) is 32.8 Å². The maximum Gasteiger partial charge on any atom is 0.283 e. The van der Waals surface area contributed by atoms with Crippen LogP contribution in [0.1, 0.15) is 10.4 Å². The van der Waals surface area contributed by atoms with Gasteiger partial charge in [-0.1, -0.05) is 41.4 Å². The molecule has 1 aromatic heterocycles. The molecule has 4 aromatic rings. The number of carbonyl (C=O) groups is 3. The number of halogens is 2. The highest BCUT2D eigenvalue weighted by molar-refractivity contribution is 7.14. The van der Waals surface area contributed by atoms with Crippen LogP contribution in [-0.2, 0) is 9.59 Å². The van der Waals surface area contributed by atoms with Crippen LogP contribution in [0, 0.1) is 0 Å². The van der Waals surface area contributed by atoms with Gasteiger partial charge in [0.2, 0.25) is 0 Å². The maximum atomic E-state index is 13.0. The Morgan fingerprint density at radius 2 is 1.71 bits per heavy atom. The van der Waals surface area contributed by atoms with Crippen molar-refractivity contribution in [2.24, 2.45) is 0 Å². The third-order valence-electron chi connectivity index (χ3n) is 5.62. The number of benzene rings is 3. The van der Waals surface area contributed by atoms with Crippen molar-refractivity contribution in [3.05, 3.63) is 99.5 Å². The summed E-state index contributed by atoms with van der Waals surface area (Å²) in [6.45, 7) is 0. The third kappa shape index (κ3) is 5.12. The summed E-state index contributed by atoms with van der Waals surface area (Å²) in [4.78, 5) is 43.9. The van der Waals surface area contributed by atoms with Crippen molar-refractivity contribution < 1.29 is 19.1 Å². The highest BCUT2D eigenvalue weighted by Gasteiger charge is 2.39. The number of ether oxygens (including phenoxy) is 1. The first-order valence-electron chi connectivity index (χ1n) is 11.2. The zero-order valence-corrected chi connectivity index (χ0v) is 22.0. The van der Waals surface area contributed by atoms with Crippen molar-refractivity contribution in [1.29, 1.82) is 0 Å². The van der Waals surface area contributed by atoms with Crippen LogP contribution in [0.25, 0.3) is 11.3 Å². The molecule has 1 aliphatic heterocycles. The second-order valence-corrected chi connectivity index (χ2v) is 9.71. The van der Waals surface area contributed by atoms with Gasteiger partial charge in [0.05, 0.1) is 18.5 Å². The molecule has 190 valence electrons. The summed E-state index contributed by atoms with van der Waals surface area (Å²) >= 11 is 13.5. The molecule has 0 bridgehead atoms. The number of methoxy groups -OCH3 is 1. The van der Waals surface area contributed by atoms with Gasteiger partial charge in [-0.3, -0.25) is 19.7 Å². The van der Waals surface area contributed by atoms with Crippen LogP contribution >= 0.6 is 34.5 Å². The molecule has 0 unspecified atom stereocenters. The second kappa shape index (κ2) is 10.7. The van der Waals surface area contributed by atoms with Crippen molar-refractivity contribution >= 4 is 68.8 Å². The van der Waals surface area contributed by atoms with E-state index < -0.39 is 11.8 Å². The molecule has 11 heteroatoms. The van der Waals surface area contributed by atoms with Crippen LogP contribution in [0.3, 0.4) is 0 Å². The molecule has 2 heterocycles. The topological polar surface area (TPSA) is 101 Å². The molecule has 3 aromatic carbocycles. The van der Waals surface area contributed by atoms with E-state index in [1.165, 1.54) is 18.4 Å². The Morgan fingerprint density at radius 1 is 0.974 bits per heavy atom. The summed E-state index contributed by atoms with van der Waals surface area (Å²) in [5.41, 5.74) is 2.75. The van der Waals surface area contributed by atoms with Crippen LogP contribution in [-0.4, -0.2) is 29.8 Å². The molecule has 0 fully saturated rings. The lowest BCUT2D eigenvalue weighted by Crippen LogP contribution is -2.32. The first-order chi connectivity index (χ1) is 18.3.